The zero-order valence-electron chi connectivity index (χ0n) is 15.3. The molecule has 144 valence electrons. The molecular formula is C21H18ClNO4S. The number of nitrogens with zero attached hydrogens (tertiary/aromatic N) is 1. The molecule has 1 aliphatic heterocycles. The third kappa shape index (κ3) is 4.40. The van der Waals surface area contributed by atoms with Crippen molar-refractivity contribution < 1.29 is 19.7 Å². The maximum Gasteiger partial charge on any atom is 0.344 e. The van der Waals surface area contributed by atoms with E-state index in [1.165, 1.54) is 0 Å². The van der Waals surface area contributed by atoms with Gasteiger partial charge < -0.3 is 14.9 Å². The fraction of sp³-hybridized carbons (Fsp3) is 0.143. The van der Waals surface area contributed by atoms with E-state index < -0.39 is 5.97 Å². The number of aliphatic hydroxyl groups excluding tert-OH is 1. The Balaban J connectivity index is 2.07. The van der Waals surface area contributed by atoms with Gasteiger partial charge in [0.05, 0.1) is 17.2 Å². The van der Waals surface area contributed by atoms with E-state index in [9.17, 15) is 15.0 Å². The normalized spacial score (nSPS) is 16.8. The van der Waals surface area contributed by atoms with Crippen LogP contribution < -0.4 is 0 Å². The lowest BCUT2D eigenvalue weighted by Gasteiger charge is -2.03. The summed E-state index contributed by atoms with van der Waals surface area (Å²) in [5, 5.41) is 21.6. The Morgan fingerprint density at radius 2 is 1.93 bits per heavy atom. The lowest BCUT2D eigenvalue weighted by molar-refractivity contribution is -0.138. The van der Waals surface area contributed by atoms with Crippen molar-refractivity contribution in [1.82, 2.24) is 0 Å². The number of carbonyl (C=O) groups is 1. The van der Waals surface area contributed by atoms with Gasteiger partial charge in [0.2, 0.25) is 0 Å². The average molecular weight is 416 g/mol. The van der Waals surface area contributed by atoms with Crippen molar-refractivity contribution in [2.24, 2.45) is 4.99 Å². The smallest absolute Gasteiger partial charge is 0.344 e. The molecule has 0 fully saturated rings. The number of halogens is 1. The molecule has 0 unspecified atom stereocenters. The van der Waals surface area contributed by atoms with Crippen LogP contribution in [-0.4, -0.2) is 27.8 Å². The summed E-state index contributed by atoms with van der Waals surface area (Å²) in [6.07, 6.45) is 1.62. The zero-order valence-corrected chi connectivity index (χ0v) is 16.8. The van der Waals surface area contributed by atoms with Gasteiger partial charge in [-0.05, 0) is 56.3 Å². The van der Waals surface area contributed by atoms with Gasteiger partial charge in [0, 0.05) is 10.6 Å². The van der Waals surface area contributed by atoms with Crippen molar-refractivity contribution in [1.29, 1.82) is 0 Å². The number of aryl methyl sites for hydroxylation is 1. The first-order valence-electron chi connectivity index (χ1n) is 8.53. The molecule has 0 bridgehead atoms. The first kappa shape index (κ1) is 20.0. The Morgan fingerprint density at radius 3 is 2.61 bits per heavy atom. The number of ether oxygens (including phenoxy) is 1. The largest absolute Gasteiger partial charge is 0.507 e. The Labute approximate surface area is 172 Å². The van der Waals surface area contributed by atoms with Crippen molar-refractivity contribution in [3.8, 4) is 5.75 Å². The van der Waals surface area contributed by atoms with E-state index >= 15 is 0 Å². The van der Waals surface area contributed by atoms with E-state index in [4.69, 9.17) is 16.3 Å². The van der Waals surface area contributed by atoms with Crippen LogP contribution in [0.4, 0.5) is 5.69 Å². The zero-order chi connectivity index (χ0) is 20.3. The highest BCUT2D eigenvalue weighted by molar-refractivity contribution is 8.18. The number of aromatic hydroxyl groups is 1. The van der Waals surface area contributed by atoms with Crippen LogP contribution in [0.15, 0.2) is 63.7 Å². The van der Waals surface area contributed by atoms with Crippen LogP contribution in [0, 0.1) is 6.92 Å². The number of esters is 1. The van der Waals surface area contributed by atoms with E-state index in [0.29, 0.717) is 26.2 Å². The molecule has 0 aliphatic carbocycles. The van der Waals surface area contributed by atoms with Crippen molar-refractivity contribution >= 4 is 46.1 Å². The molecule has 0 aromatic heterocycles. The Bertz CT molecular complexity index is 1010. The SMILES string of the molecule is CCOC(=O)C1=C(O)/C(=C\c2cc(C)ccc2O)SC1=Nc1ccc(Cl)cc1. The molecule has 2 N–H and O–H groups in total. The fourth-order valence-corrected chi connectivity index (χ4v) is 3.71. The Kier molecular flexibility index (Phi) is 6.11. The van der Waals surface area contributed by atoms with E-state index in [0.717, 1.165) is 17.3 Å². The molecule has 0 spiro atoms. The highest BCUT2D eigenvalue weighted by atomic mass is 35.5. The molecule has 0 radical (unpaired) electrons. The lowest BCUT2D eigenvalue weighted by Crippen LogP contribution is -2.12. The van der Waals surface area contributed by atoms with E-state index in [-0.39, 0.29) is 23.7 Å². The third-order valence-electron chi connectivity index (χ3n) is 3.90. The Morgan fingerprint density at radius 1 is 1.21 bits per heavy atom. The molecule has 0 saturated carbocycles. The maximum atomic E-state index is 12.4. The molecule has 5 nitrogen and oxygen atoms in total. The summed E-state index contributed by atoms with van der Waals surface area (Å²) in [6.45, 7) is 3.76. The van der Waals surface area contributed by atoms with Gasteiger partial charge >= 0.3 is 5.97 Å². The van der Waals surface area contributed by atoms with Gasteiger partial charge in [-0.25, -0.2) is 9.79 Å². The number of carbonyl (C=O) groups excluding carboxylic acids is 1. The monoisotopic (exact) mass is 415 g/mol. The number of benzene rings is 2. The van der Waals surface area contributed by atoms with Crippen LogP contribution in [0.25, 0.3) is 6.08 Å². The van der Waals surface area contributed by atoms with Gasteiger partial charge in [0.15, 0.2) is 0 Å². The molecule has 0 saturated heterocycles. The van der Waals surface area contributed by atoms with Gasteiger partial charge in [-0.2, -0.15) is 0 Å². The number of phenolic OH excluding ortho intramolecular Hbond substituents is 1. The van der Waals surface area contributed by atoms with Crippen molar-refractivity contribution in [2.75, 3.05) is 6.61 Å². The number of phenols is 1. The Hall–Kier alpha value is -2.70. The minimum Gasteiger partial charge on any atom is -0.507 e. The number of thioether (sulfide) groups is 1. The summed E-state index contributed by atoms with van der Waals surface area (Å²) >= 11 is 7.03. The van der Waals surface area contributed by atoms with E-state index in [1.54, 1.807) is 55.5 Å². The number of aliphatic hydroxyl groups is 1. The van der Waals surface area contributed by atoms with Crippen LogP contribution in [-0.2, 0) is 9.53 Å². The van der Waals surface area contributed by atoms with Crippen LogP contribution in [0.5, 0.6) is 5.75 Å². The highest BCUT2D eigenvalue weighted by Crippen LogP contribution is 2.41. The van der Waals surface area contributed by atoms with E-state index in [2.05, 4.69) is 4.99 Å². The molecule has 1 aliphatic rings. The topological polar surface area (TPSA) is 79.1 Å². The van der Waals surface area contributed by atoms with E-state index in [1.807, 2.05) is 6.92 Å². The predicted molar refractivity (Wildman–Crippen MR) is 113 cm³/mol. The van der Waals surface area contributed by atoms with Crippen molar-refractivity contribution in [3.63, 3.8) is 0 Å². The van der Waals surface area contributed by atoms with Crippen LogP contribution in [0.2, 0.25) is 5.02 Å². The standard InChI is InChI=1S/C21H18ClNO4S/c1-3-27-21(26)18-19(25)17(11-13-10-12(2)4-9-16(13)24)28-20(18)23-15-7-5-14(22)6-8-15/h4-11,24-25H,3H2,1-2H3/b17-11+,23-20?. The second-order valence-electron chi connectivity index (χ2n) is 6.01. The minimum absolute atomic E-state index is 0.000179. The van der Waals surface area contributed by atoms with Gasteiger partial charge in [-0.3, -0.25) is 0 Å². The second-order valence-corrected chi connectivity index (χ2v) is 7.48. The molecule has 28 heavy (non-hydrogen) atoms. The number of hydrogen-bond donors (Lipinski definition) is 2. The summed E-state index contributed by atoms with van der Waals surface area (Å²) in [4.78, 5) is 17.3. The number of aliphatic imine (C=N–C) groups is 1. The van der Waals surface area contributed by atoms with Crippen LogP contribution in [0.3, 0.4) is 0 Å². The van der Waals surface area contributed by atoms with Crippen molar-refractivity contribution in [3.05, 3.63) is 74.9 Å². The third-order valence-corrected chi connectivity index (χ3v) is 5.17. The van der Waals surface area contributed by atoms with Gasteiger partial charge in [-0.1, -0.05) is 35.0 Å². The average Bonchev–Trinajstić information content (AvgIpc) is 2.95. The summed E-state index contributed by atoms with van der Waals surface area (Å²) in [7, 11) is 0. The molecule has 2 aromatic carbocycles. The first-order chi connectivity index (χ1) is 13.4. The summed E-state index contributed by atoms with van der Waals surface area (Å²) < 4.78 is 5.08. The molecule has 1 heterocycles. The summed E-state index contributed by atoms with van der Waals surface area (Å²) in [5.41, 5.74) is 2.07. The molecular weight excluding hydrogens is 398 g/mol. The number of hydrogen-bond acceptors (Lipinski definition) is 6. The summed E-state index contributed by atoms with van der Waals surface area (Å²) in [5.74, 6) is -0.804. The molecule has 7 heteroatoms. The quantitative estimate of drug-likeness (QED) is 0.640. The van der Waals surface area contributed by atoms with Crippen LogP contribution in [0.1, 0.15) is 18.1 Å². The molecule has 3 rings (SSSR count). The van der Waals surface area contributed by atoms with Crippen LogP contribution >= 0.6 is 23.4 Å². The van der Waals surface area contributed by atoms with Crippen molar-refractivity contribution in [2.45, 2.75) is 13.8 Å². The van der Waals surface area contributed by atoms with Gasteiger partial charge in [-0.15, -0.1) is 0 Å². The number of rotatable bonds is 4. The predicted octanol–water partition coefficient (Wildman–Crippen LogP) is 5.55. The van der Waals surface area contributed by atoms with Gasteiger partial charge in [0.25, 0.3) is 0 Å². The fourth-order valence-electron chi connectivity index (χ4n) is 2.56. The lowest BCUT2D eigenvalue weighted by atomic mass is 10.1. The second kappa shape index (κ2) is 8.54. The molecule has 0 atom stereocenters. The highest BCUT2D eigenvalue weighted by Gasteiger charge is 2.33. The summed E-state index contributed by atoms with van der Waals surface area (Å²) in [6, 6.07) is 12.0. The van der Waals surface area contributed by atoms with Gasteiger partial charge in [0.1, 0.15) is 22.1 Å². The molecule has 2 aromatic rings. The first-order valence-corrected chi connectivity index (χ1v) is 9.73. The maximum absolute atomic E-state index is 12.4. The molecule has 0 amide bonds. The minimum atomic E-state index is -0.655.